The van der Waals surface area contributed by atoms with Gasteiger partial charge in [-0.15, -0.1) is 0 Å². The van der Waals surface area contributed by atoms with Crippen LogP contribution in [0, 0.1) is 0 Å². The van der Waals surface area contributed by atoms with Crippen molar-refractivity contribution in [3.63, 3.8) is 0 Å². The minimum absolute atomic E-state index is 0.0480. The standard InChI is InChI=1S/C19H19F3N4O4/c1-25-10-14(26(2)18(25)28)17(27)24-13-8-12(5-6-15(13)29-3)30-16-7-4-11(9-23-16)19(20,21)22/h4-9,14H,10H2,1-3H3,(H,24,27)/t14-/m0/s1. The van der Waals surface area contributed by atoms with Gasteiger partial charge in [0.15, 0.2) is 0 Å². The number of nitrogens with one attached hydrogen (secondary N) is 1. The van der Waals surface area contributed by atoms with Crippen molar-refractivity contribution >= 4 is 17.6 Å². The molecular formula is C19H19F3N4O4. The summed E-state index contributed by atoms with van der Waals surface area (Å²) < 4.78 is 48.7. The van der Waals surface area contributed by atoms with E-state index in [0.717, 1.165) is 12.1 Å². The zero-order chi connectivity index (χ0) is 22.1. The van der Waals surface area contributed by atoms with Crippen molar-refractivity contribution in [1.82, 2.24) is 14.8 Å². The van der Waals surface area contributed by atoms with Crippen molar-refractivity contribution in [3.05, 3.63) is 42.1 Å². The van der Waals surface area contributed by atoms with E-state index in [4.69, 9.17) is 9.47 Å². The summed E-state index contributed by atoms with van der Waals surface area (Å²) in [6.07, 6.45) is -3.82. The largest absolute Gasteiger partial charge is 0.495 e. The summed E-state index contributed by atoms with van der Waals surface area (Å²) in [5.74, 6) is 0.106. The van der Waals surface area contributed by atoms with E-state index in [1.165, 1.54) is 42.2 Å². The molecule has 0 aliphatic carbocycles. The number of benzene rings is 1. The van der Waals surface area contributed by atoms with Crippen molar-refractivity contribution in [3.8, 4) is 17.4 Å². The van der Waals surface area contributed by atoms with E-state index in [1.807, 2.05) is 0 Å². The van der Waals surface area contributed by atoms with Crippen molar-refractivity contribution in [2.24, 2.45) is 0 Å². The summed E-state index contributed by atoms with van der Waals surface area (Å²) in [6, 6.07) is 5.51. The van der Waals surface area contributed by atoms with Gasteiger partial charge in [0.25, 0.3) is 0 Å². The van der Waals surface area contributed by atoms with Crippen LogP contribution in [0.3, 0.4) is 0 Å². The molecule has 1 aliphatic rings. The van der Waals surface area contributed by atoms with E-state index in [0.29, 0.717) is 11.9 Å². The summed E-state index contributed by atoms with van der Waals surface area (Å²) in [6.45, 7) is 0.231. The maximum absolute atomic E-state index is 12.6. The summed E-state index contributed by atoms with van der Waals surface area (Å²) >= 11 is 0. The number of carbonyl (C=O) groups is 2. The quantitative estimate of drug-likeness (QED) is 0.797. The fourth-order valence-corrected chi connectivity index (χ4v) is 2.91. The number of hydrogen-bond donors (Lipinski definition) is 1. The second kappa shape index (κ2) is 8.09. The molecule has 2 aromatic rings. The van der Waals surface area contributed by atoms with Crippen LogP contribution in [0.4, 0.5) is 23.7 Å². The molecule has 8 nitrogen and oxygen atoms in total. The van der Waals surface area contributed by atoms with Gasteiger partial charge in [-0.1, -0.05) is 0 Å². The lowest BCUT2D eigenvalue weighted by Gasteiger charge is -2.18. The molecule has 11 heteroatoms. The normalized spacial score (nSPS) is 16.6. The van der Waals surface area contributed by atoms with Crippen LogP contribution in [-0.2, 0) is 11.0 Å². The first-order chi connectivity index (χ1) is 14.1. The summed E-state index contributed by atoms with van der Waals surface area (Å²) in [4.78, 5) is 30.9. The Labute approximate surface area is 170 Å². The number of methoxy groups -OCH3 is 1. The number of likely N-dealkylation sites (N-methyl/N-ethyl adjacent to an activating group) is 2. The van der Waals surface area contributed by atoms with E-state index >= 15 is 0 Å². The predicted molar refractivity (Wildman–Crippen MR) is 101 cm³/mol. The lowest BCUT2D eigenvalue weighted by Crippen LogP contribution is -2.40. The summed E-state index contributed by atoms with van der Waals surface area (Å²) in [7, 11) is 4.54. The van der Waals surface area contributed by atoms with Crippen LogP contribution >= 0.6 is 0 Å². The van der Waals surface area contributed by atoms with Gasteiger partial charge in [-0.05, 0) is 18.2 Å². The van der Waals surface area contributed by atoms with Crippen LogP contribution in [0.2, 0.25) is 0 Å². The second-order valence-electron chi connectivity index (χ2n) is 6.63. The molecule has 3 rings (SSSR count). The molecule has 0 spiro atoms. The monoisotopic (exact) mass is 424 g/mol. The first-order valence-corrected chi connectivity index (χ1v) is 8.78. The molecule has 3 amide bonds. The molecule has 1 fully saturated rings. The highest BCUT2D eigenvalue weighted by molar-refractivity contribution is 5.99. The number of urea groups is 1. The molecule has 1 saturated heterocycles. The molecule has 0 saturated carbocycles. The van der Waals surface area contributed by atoms with Crippen LogP contribution in [0.25, 0.3) is 0 Å². The fraction of sp³-hybridized carbons (Fsp3) is 0.316. The minimum atomic E-state index is -4.49. The van der Waals surface area contributed by atoms with Gasteiger partial charge in [0.1, 0.15) is 17.5 Å². The Kier molecular flexibility index (Phi) is 5.72. The first-order valence-electron chi connectivity index (χ1n) is 8.78. The van der Waals surface area contributed by atoms with Crippen LogP contribution in [0.5, 0.6) is 17.4 Å². The average Bonchev–Trinajstić information content (AvgIpc) is 2.95. The Balaban J connectivity index is 1.77. The molecule has 2 heterocycles. The van der Waals surface area contributed by atoms with Gasteiger partial charge in [0.2, 0.25) is 11.8 Å². The van der Waals surface area contributed by atoms with E-state index < -0.39 is 23.7 Å². The zero-order valence-electron chi connectivity index (χ0n) is 16.4. The minimum Gasteiger partial charge on any atom is -0.495 e. The average molecular weight is 424 g/mol. The van der Waals surface area contributed by atoms with Crippen molar-refractivity contribution in [2.45, 2.75) is 12.2 Å². The van der Waals surface area contributed by atoms with Crippen LogP contribution in [0.15, 0.2) is 36.5 Å². The maximum Gasteiger partial charge on any atom is 0.417 e. The summed E-state index contributed by atoms with van der Waals surface area (Å²) in [5.41, 5.74) is -0.611. The number of pyridine rings is 1. The number of halogens is 3. The molecular weight excluding hydrogens is 405 g/mol. The maximum atomic E-state index is 12.6. The number of hydrogen-bond acceptors (Lipinski definition) is 5. The lowest BCUT2D eigenvalue weighted by atomic mass is 10.2. The molecule has 1 aliphatic heterocycles. The molecule has 160 valence electrons. The third-order valence-electron chi connectivity index (χ3n) is 4.56. The third-order valence-corrected chi connectivity index (χ3v) is 4.56. The SMILES string of the molecule is COc1ccc(Oc2ccc(C(F)(F)F)cn2)cc1NC(=O)[C@@H]1CN(C)C(=O)N1C. The fourth-order valence-electron chi connectivity index (χ4n) is 2.91. The molecule has 0 radical (unpaired) electrons. The van der Waals surface area contributed by atoms with E-state index in [1.54, 1.807) is 7.05 Å². The van der Waals surface area contributed by atoms with Gasteiger partial charge in [-0.2, -0.15) is 13.2 Å². The Bertz CT molecular complexity index is 950. The number of ether oxygens (including phenoxy) is 2. The molecule has 0 bridgehead atoms. The highest BCUT2D eigenvalue weighted by Crippen LogP contribution is 2.33. The van der Waals surface area contributed by atoms with Crippen molar-refractivity contribution < 1.29 is 32.2 Å². The van der Waals surface area contributed by atoms with E-state index in [2.05, 4.69) is 10.3 Å². The first kappa shape index (κ1) is 21.2. The molecule has 0 unspecified atom stereocenters. The van der Waals surface area contributed by atoms with E-state index in [9.17, 15) is 22.8 Å². The Morgan fingerprint density at radius 1 is 1.23 bits per heavy atom. The van der Waals surface area contributed by atoms with Crippen LogP contribution < -0.4 is 14.8 Å². The number of rotatable bonds is 5. The Morgan fingerprint density at radius 2 is 1.97 bits per heavy atom. The third kappa shape index (κ3) is 4.39. The highest BCUT2D eigenvalue weighted by atomic mass is 19.4. The number of carbonyl (C=O) groups excluding carboxylic acids is 2. The van der Waals surface area contributed by atoms with Gasteiger partial charge >= 0.3 is 12.2 Å². The highest BCUT2D eigenvalue weighted by Gasteiger charge is 2.37. The van der Waals surface area contributed by atoms with Gasteiger partial charge in [-0.3, -0.25) is 4.79 Å². The smallest absolute Gasteiger partial charge is 0.417 e. The van der Waals surface area contributed by atoms with Gasteiger partial charge in [-0.25, -0.2) is 9.78 Å². The van der Waals surface area contributed by atoms with Crippen molar-refractivity contribution in [2.75, 3.05) is 33.1 Å². The Hall–Kier alpha value is -3.50. The molecule has 30 heavy (non-hydrogen) atoms. The number of aromatic nitrogens is 1. The van der Waals surface area contributed by atoms with E-state index in [-0.39, 0.29) is 29.9 Å². The van der Waals surface area contributed by atoms with Crippen molar-refractivity contribution in [1.29, 1.82) is 0 Å². The number of anilines is 1. The number of amides is 3. The van der Waals surface area contributed by atoms with Gasteiger partial charge in [0, 0.05) is 32.4 Å². The molecule has 1 aromatic carbocycles. The van der Waals surface area contributed by atoms with Gasteiger partial charge in [0.05, 0.1) is 24.9 Å². The zero-order valence-corrected chi connectivity index (χ0v) is 16.4. The summed E-state index contributed by atoms with van der Waals surface area (Å²) in [5, 5.41) is 2.70. The number of alkyl halides is 3. The topological polar surface area (TPSA) is 84.0 Å². The second-order valence-corrected chi connectivity index (χ2v) is 6.63. The Morgan fingerprint density at radius 3 is 2.50 bits per heavy atom. The lowest BCUT2D eigenvalue weighted by molar-refractivity contribution is -0.137. The number of nitrogens with zero attached hydrogens (tertiary/aromatic N) is 3. The molecule has 1 aromatic heterocycles. The molecule has 1 atom stereocenters. The predicted octanol–water partition coefficient (Wildman–Crippen LogP) is 3.21. The van der Waals surface area contributed by atoms with Crippen LogP contribution in [-0.4, -0.2) is 60.5 Å². The molecule has 1 N–H and O–H groups in total. The van der Waals surface area contributed by atoms with Crippen LogP contribution in [0.1, 0.15) is 5.56 Å². The van der Waals surface area contributed by atoms with Gasteiger partial charge < -0.3 is 24.6 Å².